The van der Waals surface area contributed by atoms with Gasteiger partial charge in [-0.2, -0.15) is 0 Å². The van der Waals surface area contributed by atoms with Crippen molar-refractivity contribution in [2.24, 2.45) is 0 Å². The molecule has 3 aromatic heterocycles. The van der Waals surface area contributed by atoms with Crippen molar-refractivity contribution in [2.75, 3.05) is 0 Å². The number of nitrogens with zero attached hydrogens (tertiary/aromatic N) is 3. The van der Waals surface area contributed by atoms with Crippen LogP contribution in [0.25, 0.3) is 16.9 Å². The second kappa shape index (κ2) is 4.48. The zero-order valence-electron chi connectivity index (χ0n) is 10.9. The van der Waals surface area contributed by atoms with Gasteiger partial charge in [0.15, 0.2) is 0 Å². The lowest BCUT2D eigenvalue weighted by atomic mass is 10.1. The molecule has 4 heteroatoms. The number of hydrogen-bond acceptors (Lipinski definition) is 3. The molecule has 0 amide bonds. The lowest BCUT2D eigenvalue weighted by Crippen LogP contribution is -1.99. The van der Waals surface area contributed by atoms with Crippen LogP contribution in [0.5, 0.6) is 0 Å². The van der Waals surface area contributed by atoms with Crippen LogP contribution in [0.1, 0.15) is 24.3 Å². The van der Waals surface area contributed by atoms with Crippen LogP contribution in [0.2, 0.25) is 0 Å². The third-order valence-corrected chi connectivity index (χ3v) is 3.15. The number of fused-ring (bicyclic) bond motifs is 1. The first-order chi connectivity index (χ1) is 9.16. The number of rotatable bonds is 2. The van der Waals surface area contributed by atoms with Gasteiger partial charge in [0, 0.05) is 24.2 Å². The zero-order valence-corrected chi connectivity index (χ0v) is 10.9. The number of pyridine rings is 2. The number of aromatic nitrogens is 3. The van der Waals surface area contributed by atoms with E-state index < -0.39 is 6.10 Å². The van der Waals surface area contributed by atoms with Gasteiger partial charge in [0.25, 0.3) is 0 Å². The molecule has 3 rings (SSSR count). The van der Waals surface area contributed by atoms with Crippen LogP contribution in [0.15, 0.2) is 42.9 Å². The maximum absolute atomic E-state index is 10.0. The topological polar surface area (TPSA) is 50.4 Å². The summed E-state index contributed by atoms with van der Waals surface area (Å²) < 4.78 is 1.93. The molecule has 0 fully saturated rings. The molecule has 0 saturated heterocycles. The van der Waals surface area contributed by atoms with E-state index in [4.69, 9.17) is 0 Å². The molecule has 0 spiro atoms. The summed E-state index contributed by atoms with van der Waals surface area (Å²) in [5.41, 5.74) is 4.48. The van der Waals surface area contributed by atoms with Gasteiger partial charge in [-0.25, -0.2) is 4.98 Å². The Bertz CT molecular complexity index is 717. The molecule has 0 saturated carbocycles. The van der Waals surface area contributed by atoms with E-state index in [9.17, 15) is 5.11 Å². The van der Waals surface area contributed by atoms with Gasteiger partial charge in [0.05, 0.1) is 17.5 Å². The predicted molar refractivity (Wildman–Crippen MR) is 73.8 cm³/mol. The number of hydrogen-bond donors (Lipinski definition) is 1. The van der Waals surface area contributed by atoms with Gasteiger partial charge in [0.2, 0.25) is 0 Å². The quantitative estimate of drug-likeness (QED) is 0.764. The molecule has 96 valence electrons. The molecule has 4 nitrogen and oxygen atoms in total. The Morgan fingerprint density at radius 1 is 1.32 bits per heavy atom. The van der Waals surface area contributed by atoms with E-state index >= 15 is 0 Å². The first-order valence-corrected chi connectivity index (χ1v) is 6.24. The van der Waals surface area contributed by atoms with Crippen LogP contribution >= 0.6 is 0 Å². The molecular weight excluding hydrogens is 238 g/mol. The Labute approximate surface area is 111 Å². The molecule has 0 radical (unpaired) electrons. The van der Waals surface area contributed by atoms with Crippen LogP contribution in [0.3, 0.4) is 0 Å². The van der Waals surface area contributed by atoms with Crippen molar-refractivity contribution < 1.29 is 5.11 Å². The lowest BCUT2D eigenvalue weighted by Gasteiger charge is -2.07. The first-order valence-electron chi connectivity index (χ1n) is 6.24. The summed E-state index contributed by atoms with van der Waals surface area (Å²) >= 11 is 0. The molecule has 0 aromatic carbocycles. The maximum Gasteiger partial charge on any atom is 0.138 e. The molecule has 3 aromatic rings. The summed E-state index contributed by atoms with van der Waals surface area (Å²) in [6.07, 6.45) is 4.85. The molecule has 19 heavy (non-hydrogen) atoms. The van der Waals surface area contributed by atoms with Crippen LogP contribution in [0.4, 0.5) is 0 Å². The van der Waals surface area contributed by atoms with Crippen molar-refractivity contribution in [3.05, 3.63) is 54.1 Å². The van der Waals surface area contributed by atoms with E-state index in [1.807, 2.05) is 41.8 Å². The summed E-state index contributed by atoms with van der Waals surface area (Å²) in [5.74, 6) is 0. The fraction of sp³-hybridized carbons (Fsp3) is 0.200. The van der Waals surface area contributed by atoms with Crippen molar-refractivity contribution in [2.45, 2.75) is 20.0 Å². The van der Waals surface area contributed by atoms with Gasteiger partial charge < -0.3 is 9.51 Å². The Hall–Kier alpha value is -2.20. The van der Waals surface area contributed by atoms with Gasteiger partial charge in [-0.05, 0) is 43.7 Å². The summed E-state index contributed by atoms with van der Waals surface area (Å²) in [6, 6.07) is 7.84. The Balaban J connectivity index is 2.32. The molecule has 0 aliphatic heterocycles. The molecule has 1 unspecified atom stereocenters. The van der Waals surface area contributed by atoms with E-state index in [-0.39, 0.29) is 0 Å². The number of aryl methyl sites for hydroxylation is 1. The summed E-state index contributed by atoms with van der Waals surface area (Å²) in [6.45, 7) is 3.78. The fourth-order valence-corrected chi connectivity index (χ4v) is 2.28. The Kier molecular flexibility index (Phi) is 2.80. The number of aliphatic hydroxyl groups excluding tert-OH is 1. The number of imidazole rings is 1. The van der Waals surface area contributed by atoms with Crippen molar-refractivity contribution in [3.8, 4) is 11.3 Å². The van der Waals surface area contributed by atoms with E-state index in [2.05, 4.69) is 9.97 Å². The van der Waals surface area contributed by atoms with Gasteiger partial charge in [-0.15, -0.1) is 0 Å². The van der Waals surface area contributed by atoms with Gasteiger partial charge in [-0.3, -0.25) is 4.98 Å². The van der Waals surface area contributed by atoms with Gasteiger partial charge in [0.1, 0.15) is 5.65 Å². The highest BCUT2D eigenvalue weighted by Gasteiger charge is 2.17. The Morgan fingerprint density at radius 3 is 2.84 bits per heavy atom. The van der Waals surface area contributed by atoms with Crippen molar-refractivity contribution in [1.82, 2.24) is 14.4 Å². The number of aliphatic hydroxyl groups is 1. The summed E-state index contributed by atoms with van der Waals surface area (Å²) in [7, 11) is 0. The highest BCUT2D eigenvalue weighted by atomic mass is 16.3. The summed E-state index contributed by atoms with van der Waals surface area (Å²) in [4.78, 5) is 8.75. The lowest BCUT2D eigenvalue weighted by molar-refractivity contribution is 0.194. The minimum atomic E-state index is -0.590. The highest BCUT2D eigenvalue weighted by molar-refractivity contribution is 5.66. The van der Waals surface area contributed by atoms with E-state index in [1.54, 1.807) is 19.3 Å². The first kappa shape index (κ1) is 11.9. The third kappa shape index (κ3) is 2.00. The van der Waals surface area contributed by atoms with Crippen LogP contribution in [0, 0.1) is 6.92 Å². The fourth-order valence-electron chi connectivity index (χ4n) is 2.28. The van der Waals surface area contributed by atoms with E-state index in [0.29, 0.717) is 0 Å². The predicted octanol–water partition coefficient (Wildman–Crippen LogP) is 2.76. The zero-order chi connectivity index (χ0) is 13.4. The van der Waals surface area contributed by atoms with Gasteiger partial charge >= 0.3 is 0 Å². The van der Waals surface area contributed by atoms with Crippen LogP contribution in [-0.4, -0.2) is 19.5 Å². The average Bonchev–Trinajstić information content (AvgIpc) is 2.78. The smallest absolute Gasteiger partial charge is 0.138 e. The molecular formula is C15H15N3O. The minimum Gasteiger partial charge on any atom is -0.387 e. The molecule has 1 atom stereocenters. The SMILES string of the molecule is Cc1ccn2c(C(C)O)c(-c3cccnc3)nc2c1. The van der Waals surface area contributed by atoms with E-state index in [0.717, 1.165) is 28.2 Å². The van der Waals surface area contributed by atoms with E-state index in [1.165, 1.54) is 0 Å². The van der Waals surface area contributed by atoms with Crippen molar-refractivity contribution in [3.63, 3.8) is 0 Å². The molecule has 0 aliphatic carbocycles. The minimum absolute atomic E-state index is 0.590. The normalized spacial score (nSPS) is 12.8. The van der Waals surface area contributed by atoms with Gasteiger partial charge in [-0.1, -0.05) is 0 Å². The molecule has 0 aliphatic rings. The summed E-state index contributed by atoms with van der Waals surface area (Å²) in [5, 5.41) is 10.0. The van der Waals surface area contributed by atoms with Crippen molar-refractivity contribution >= 4 is 5.65 Å². The maximum atomic E-state index is 10.0. The van der Waals surface area contributed by atoms with Crippen LogP contribution in [-0.2, 0) is 0 Å². The second-order valence-corrected chi connectivity index (χ2v) is 4.70. The largest absolute Gasteiger partial charge is 0.387 e. The standard InChI is InChI=1S/C15H15N3O/c1-10-5-7-18-13(8-10)17-14(15(18)11(2)19)12-4-3-6-16-9-12/h3-9,11,19H,1-2H3. The average molecular weight is 253 g/mol. The molecule has 3 heterocycles. The third-order valence-electron chi connectivity index (χ3n) is 3.15. The monoisotopic (exact) mass is 253 g/mol. The second-order valence-electron chi connectivity index (χ2n) is 4.70. The van der Waals surface area contributed by atoms with Crippen LogP contribution < -0.4 is 0 Å². The molecule has 1 N–H and O–H groups in total. The highest BCUT2D eigenvalue weighted by Crippen LogP contribution is 2.28. The molecule has 0 bridgehead atoms. The van der Waals surface area contributed by atoms with Crippen molar-refractivity contribution in [1.29, 1.82) is 0 Å². The Morgan fingerprint density at radius 2 is 2.16 bits per heavy atom.